The molecule has 2 aliphatic heterocycles. The quantitative estimate of drug-likeness (QED) is 0.509. The molecule has 0 aromatic carbocycles. The Labute approximate surface area is 69.2 Å². The predicted octanol–water partition coefficient (Wildman–Crippen LogP) is -0.328. The number of hydrogen-bond acceptors (Lipinski definition) is 5. The van der Waals surface area contributed by atoms with Crippen LogP contribution in [-0.2, 0) is 14.2 Å². The third-order valence-corrected chi connectivity index (χ3v) is 2.30. The van der Waals surface area contributed by atoms with E-state index in [1.54, 1.807) is 6.92 Å². The summed E-state index contributed by atoms with van der Waals surface area (Å²) in [4.78, 5) is 10.6. The van der Waals surface area contributed by atoms with Crippen LogP contribution in [0.2, 0.25) is 0 Å². The average molecular weight is 174 g/mol. The van der Waals surface area contributed by atoms with E-state index in [9.17, 15) is 9.90 Å². The highest BCUT2D eigenvalue weighted by molar-refractivity contribution is 5.63. The zero-order valence-corrected chi connectivity index (χ0v) is 6.65. The monoisotopic (exact) mass is 174 g/mol. The number of carbonyl (C=O) groups is 1. The van der Waals surface area contributed by atoms with Crippen molar-refractivity contribution in [3.05, 3.63) is 0 Å². The Morgan fingerprint density at radius 1 is 1.58 bits per heavy atom. The Bertz CT molecular complexity index is 216. The molecule has 1 N–H and O–H groups in total. The molecule has 0 aromatic rings. The molecular formula is C7H10O5. The second-order valence-electron chi connectivity index (χ2n) is 3.17. The van der Waals surface area contributed by atoms with E-state index in [1.807, 2.05) is 0 Å². The van der Waals surface area contributed by atoms with Crippen molar-refractivity contribution in [1.29, 1.82) is 0 Å². The van der Waals surface area contributed by atoms with Crippen molar-refractivity contribution < 1.29 is 24.1 Å². The van der Waals surface area contributed by atoms with Crippen LogP contribution >= 0.6 is 0 Å². The number of cyclic esters (lactones) is 1. The van der Waals surface area contributed by atoms with E-state index in [2.05, 4.69) is 4.74 Å². The number of ether oxygens (including phenoxy) is 3. The van der Waals surface area contributed by atoms with Gasteiger partial charge in [-0.2, -0.15) is 0 Å². The summed E-state index contributed by atoms with van der Waals surface area (Å²) < 4.78 is 14.6. The molecule has 0 saturated carbocycles. The predicted molar refractivity (Wildman–Crippen MR) is 36.6 cm³/mol. The van der Waals surface area contributed by atoms with E-state index >= 15 is 0 Å². The van der Waals surface area contributed by atoms with Gasteiger partial charge in [-0.1, -0.05) is 0 Å². The normalized spacial score (nSPS) is 46.3. The molecule has 0 bridgehead atoms. The smallest absolute Gasteiger partial charge is 0.430 e. The zero-order chi connectivity index (χ0) is 8.77. The summed E-state index contributed by atoms with van der Waals surface area (Å²) in [5, 5.41) is 9.58. The van der Waals surface area contributed by atoms with Crippen molar-refractivity contribution in [3.63, 3.8) is 0 Å². The molecule has 3 atom stereocenters. The van der Waals surface area contributed by atoms with E-state index in [0.717, 1.165) is 0 Å². The van der Waals surface area contributed by atoms with Crippen LogP contribution in [0.1, 0.15) is 6.92 Å². The number of rotatable bonds is 0. The molecule has 0 aliphatic carbocycles. The highest BCUT2D eigenvalue weighted by atomic mass is 16.8. The van der Waals surface area contributed by atoms with Crippen LogP contribution in [0.15, 0.2) is 0 Å². The second kappa shape index (κ2) is 2.34. The molecule has 12 heavy (non-hydrogen) atoms. The van der Waals surface area contributed by atoms with E-state index in [4.69, 9.17) is 9.47 Å². The molecule has 2 heterocycles. The summed E-state index contributed by atoms with van der Waals surface area (Å²) in [6, 6.07) is 0. The Hall–Kier alpha value is -0.810. The second-order valence-corrected chi connectivity index (χ2v) is 3.17. The molecule has 2 aliphatic rings. The summed E-state index contributed by atoms with van der Waals surface area (Å²) in [5.41, 5.74) is -0.948. The summed E-state index contributed by atoms with van der Waals surface area (Å²) in [5.74, 6) is 0. The third kappa shape index (κ3) is 0.899. The summed E-state index contributed by atoms with van der Waals surface area (Å²) in [6.45, 7) is 2.02. The summed E-state index contributed by atoms with van der Waals surface area (Å²) in [6.07, 6.45) is -1.82. The largest absolute Gasteiger partial charge is 0.509 e. The van der Waals surface area contributed by atoms with Gasteiger partial charge in [0, 0.05) is 0 Å². The molecule has 5 nitrogen and oxygen atoms in total. The Kier molecular flexibility index (Phi) is 1.52. The van der Waals surface area contributed by atoms with Gasteiger partial charge in [0.1, 0.15) is 12.7 Å². The topological polar surface area (TPSA) is 65.0 Å². The first-order valence-corrected chi connectivity index (χ1v) is 3.79. The molecule has 2 fully saturated rings. The minimum absolute atomic E-state index is 0.0807. The van der Waals surface area contributed by atoms with Crippen LogP contribution in [0.25, 0.3) is 0 Å². The molecule has 0 amide bonds. The molecule has 0 aromatic heterocycles. The summed E-state index contributed by atoms with van der Waals surface area (Å²) >= 11 is 0. The van der Waals surface area contributed by atoms with Gasteiger partial charge >= 0.3 is 6.16 Å². The first-order chi connectivity index (χ1) is 5.64. The van der Waals surface area contributed by atoms with Crippen LogP contribution in [0.3, 0.4) is 0 Å². The molecule has 0 radical (unpaired) electrons. The number of carbonyl (C=O) groups excluding carboxylic acids is 1. The Balaban J connectivity index is 2.17. The molecule has 68 valence electrons. The highest BCUT2D eigenvalue weighted by Crippen LogP contribution is 2.32. The maximum absolute atomic E-state index is 10.6. The lowest BCUT2D eigenvalue weighted by Crippen LogP contribution is -2.45. The van der Waals surface area contributed by atoms with Crippen LogP contribution in [0.4, 0.5) is 4.79 Å². The van der Waals surface area contributed by atoms with Gasteiger partial charge in [-0.3, -0.25) is 0 Å². The van der Waals surface area contributed by atoms with E-state index in [0.29, 0.717) is 0 Å². The van der Waals surface area contributed by atoms with Crippen LogP contribution in [0.5, 0.6) is 0 Å². The van der Waals surface area contributed by atoms with Gasteiger partial charge in [-0.05, 0) is 6.92 Å². The van der Waals surface area contributed by atoms with Gasteiger partial charge < -0.3 is 19.3 Å². The fourth-order valence-corrected chi connectivity index (χ4v) is 1.50. The standard InChI is InChI=1S/C7H10O5/c1-4-5(8)7(2-10-4)3-11-6(9)12-7/h4-5,8H,2-3H2,1H3/t4-,5?,7-/m0/s1. The lowest BCUT2D eigenvalue weighted by atomic mass is 9.98. The maximum Gasteiger partial charge on any atom is 0.509 e. The first kappa shape index (κ1) is 7.82. The Morgan fingerprint density at radius 2 is 2.33 bits per heavy atom. The van der Waals surface area contributed by atoms with Gasteiger partial charge in [0.05, 0.1) is 12.7 Å². The van der Waals surface area contributed by atoms with Gasteiger partial charge in [0.25, 0.3) is 0 Å². The minimum Gasteiger partial charge on any atom is -0.430 e. The fourth-order valence-electron chi connectivity index (χ4n) is 1.50. The van der Waals surface area contributed by atoms with Crippen molar-refractivity contribution in [1.82, 2.24) is 0 Å². The number of hydrogen-bond donors (Lipinski definition) is 1. The fraction of sp³-hybridized carbons (Fsp3) is 0.857. The Morgan fingerprint density at radius 3 is 2.75 bits per heavy atom. The summed E-state index contributed by atoms with van der Waals surface area (Å²) in [7, 11) is 0. The molecule has 1 unspecified atom stereocenters. The lowest BCUT2D eigenvalue weighted by Gasteiger charge is -2.21. The molecule has 5 heteroatoms. The van der Waals surface area contributed by atoms with Gasteiger partial charge in [-0.15, -0.1) is 0 Å². The SMILES string of the molecule is C[C@@H]1OC[C@]2(COC(=O)O2)C1O. The van der Waals surface area contributed by atoms with Crippen molar-refractivity contribution in [2.75, 3.05) is 13.2 Å². The van der Waals surface area contributed by atoms with Gasteiger partial charge in [0.15, 0.2) is 0 Å². The van der Waals surface area contributed by atoms with Crippen molar-refractivity contribution in [3.8, 4) is 0 Å². The van der Waals surface area contributed by atoms with Crippen molar-refractivity contribution >= 4 is 6.16 Å². The van der Waals surface area contributed by atoms with Gasteiger partial charge in [-0.25, -0.2) is 4.79 Å². The third-order valence-electron chi connectivity index (χ3n) is 2.30. The average Bonchev–Trinajstić information content (AvgIpc) is 2.53. The van der Waals surface area contributed by atoms with E-state index in [1.165, 1.54) is 0 Å². The lowest BCUT2D eigenvalue weighted by molar-refractivity contribution is -0.0273. The number of aliphatic hydroxyl groups is 1. The molecule has 1 spiro atoms. The van der Waals surface area contributed by atoms with Crippen LogP contribution in [-0.4, -0.2) is 42.3 Å². The molecular weight excluding hydrogens is 164 g/mol. The van der Waals surface area contributed by atoms with Crippen LogP contribution in [0, 0.1) is 0 Å². The van der Waals surface area contributed by atoms with Crippen molar-refractivity contribution in [2.45, 2.75) is 24.7 Å². The van der Waals surface area contributed by atoms with Crippen LogP contribution < -0.4 is 0 Å². The first-order valence-electron chi connectivity index (χ1n) is 3.79. The maximum atomic E-state index is 10.6. The van der Waals surface area contributed by atoms with Crippen molar-refractivity contribution in [2.24, 2.45) is 0 Å². The molecule has 2 saturated heterocycles. The highest BCUT2D eigenvalue weighted by Gasteiger charge is 2.55. The minimum atomic E-state index is -0.948. The van der Waals surface area contributed by atoms with Gasteiger partial charge in [0.2, 0.25) is 5.60 Å². The van der Waals surface area contributed by atoms with E-state index in [-0.39, 0.29) is 19.3 Å². The molecule has 2 rings (SSSR count). The van der Waals surface area contributed by atoms with E-state index < -0.39 is 17.9 Å². The zero-order valence-electron chi connectivity index (χ0n) is 6.65. The number of aliphatic hydroxyl groups excluding tert-OH is 1.